The zero-order valence-electron chi connectivity index (χ0n) is 13.6. The van der Waals surface area contributed by atoms with Crippen molar-refractivity contribution in [3.05, 3.63) is 46.4 Å². The normalized spacial score (nSPS) is 10.8. The first kappa shape index (κ1) is 21.2. The van der Waals surface area contributed by atoms with Crippen LogP contribution in [0.5, 0.6) is 0 Å². The summed E-state index contributed by atoms with van der Waals surface area (Å²) >= 11 is 0. The fraction of sp³-hybridized carbons (Fsp3) is 0.312. The van der Waals surface area contributed by atoms with Crippen LogP contribution >= 0.6 is 0 Å². The summed E-state index contributed by atoms with van der Waals surface area (Å²) in [7, 11) is 0. The van der Waals surface area contributed by atoms with E-state index in [2.05, 4.69) is 10.3 Å². The van der Waals surface area contributed by atoms with Crippen LogP contribution in [-0.2, 0) is 4.79 Å². The number of hydrogen-bond acceptors (Lipinski definition) is 4. The van der Waals surface area contributed by atoms with Gasteiger partial charge in [0.25, 0.3) is 11.5 Å². The second-order valence-corrected chi connectivity index (χ2v) is 5.13. The minimum absolute atomic E-state index is 0.176. The second-order valence-electron chi connectivity index (χ2n) is 5.13. The smallest absolute Gasteiger partial charge is 0.475 e. The predicted octanol–water partition coefficient (Wildman–Crippen LogP) is 1.63. The van der Waals surface area contributed by atoms with Crippen LogP contribution in [0.3, 0.4) is 0 Å². The lowest BCUT2D eigenvalue weighted by atomic mass is 10.1. The Morgan fingerprint density at radius 2 is 1.73 bits per heavy atom. The lowest BCUT2D eigenvalue weighted by Crippen LogP contribution is -2.26. The van der Waals surface area contributed by atoms with E-state index >= 15 is 0 Å². The van der Waals surface area contributed by atoms with Crippen molar-refractivity contribution in [3.8, 4) is 0 Å². The molecule has 26 heavy (non-hydrogen) atoms. The maximum absolute atomic E-state index is 12.1. The molecular weight excluding hydrogens is 355 g/mol. The molecule has 0 bridgehead atoms. The number of fused-ring (bicyclic) bond motifs is 1. The number of aromatic nitrogens is 1. The third-order valence-corrected chi connectivity index (χ3v) is 3.21. The molecule has 0 saturated carbocycles. The number of halogens is 3. The Morgan fingerprint density at radius 3 is 2.27 bits per heavy atom. The molecule has 2 rings (SSSR count). The van der Waals surface area contributed by atoms with Crippen LogP contribution in [0, 0.1) is 0 Å². The number of benzene rings is 1. The number of nitrogens with two attached hydrogens (primary N) is 1. The highest BCUT2D eigenvalue weighted by Gasteiger charge is 2.38. The highest BCUT2D eigenvalue weighted by atomic mass is 19.4. The molecule has 0 aliphatic carbocycles. The van der Waals surface area contributed by atoms with Crippen molar-refractivity contribution in [2.45, 2.75) is 19.0 Å². The fourth-order valence-electron chi connectivity index (χ4n) is 1.96. The molecule has 0 saturated heterocycles. The van der Waals surface area contributed by atoms with Gasteiger partial charge in [0.15, 0.2) is 0 Å². The standard InChI is InChI=1S/C14H17N3O2.C2HF3O2/c15-7-3-4-8-16-14(19)12-9-17-13(18)11-6-2-1-5-10(11)12;3-2(4,5)1(6)7/h1-2,5-6,9H,3-4,7-8,15H2,(H,16,19)(H,17,18);(H,6,7). The van der Waals surface area contributed by atoms with Gasteiger partial charge in [-0.05, 0) is 25.5 Å². The molecule has 1 aromatic carbocycles. The third-order valence-electron chi connectivity index (χ3n) is 3.21. The number of rotatable bonds is 5. The maximum Gasteiger partial charge on any atom is 0.490 e. The first-order valence-corrected chi connectivity index (χ1v) is 7.57. The molecule has 1 aromatic heterocycles. The largest absolute Gasteiger partial charge is 0.490 e. The lowest BCUT2D eigenvalue weighted by Gasteiger charge is -2.07. The minimum Gasteiger partial charge on any atom is -0.475 e. The summed E-state index contributed by atoms with van der Waals surface area (Å²) in [4.78, 5) is 35.2. The van der Waals surface area contributed by atoms with Gasteiger partial charge in [0, 0.05) is 23.5 Å². The van der Waals surface area contributed by atoms with Crippen LogP contribution in [-0.4, -0.2) is 41.2 Å². The Labute approximate surface area is 146 Å². The number of aliphatic carboxylic acids is 1. The molecule has 10 heteroatoms. The molecule has 0 aliphatic rings. The number of carboxylic acids is 1. The highest BCUT2D eigenvalue weighted by molar-refractivity contribution is 6.06. The van der Waals surface area contributed by atoms with E-state index in [1.54, 1.807) is 18.2 Å². The number of carboxylic acid groups (broad SMARTS) is 1. The van der Waals surface area contributed by atoms with Gasteiger partial charge >= 0.3 is 12.1 Å². The minimum atomic E-state index is -5.08. The zero-order chi connectivity index (χ0) is 19.7. The van der Waals surface area contributed by atoms with Gasteiger partial charge in [-0.3, -0.25) is 9.59 Å². The number of alkyl halides is 3. The van der Waals surface area contributed by atoms with E-state index in [-0.39, 0.29) is 11.5 Å². The molecule has 0 spiro atoms. The SMILES string of the molecule is NCCCCNC(=O)c1c[nH]c(=O)c2ccccc12.O=C(O)C(F)(F)F. The van der Waals surface area contributed by atoms with Gasteiger partial charge in [-0.15, -0.1) is 0 Å². The van der Waals surface area contributed by atoms with Gasteiger partial charge in [-0.25, -0.2) is 4.79 Å². The van der Waals surface area contributed by atoms with Crippen molar-refractivity contribution in [2.75, 3.05) is 13.1 Å². The number of H-pyrrole nitrogens is 1. The number of carbonyl (C=O) groups is 2. The van der Waals surface area contributed by atoms with Crippen molar-refractivity contribution in [1.82, 2.24) is 10.3 Å². The summed E-state index contributed by atoms with van der Waals surface area (Å²) in [6, 6.07) is 7.08. The molecule has 0 unspecified atom stereocenters. The topological polar surface area (TPSA) is 125 Å². The molecule has 0 fully saturated rings. The Bertz CT molecular complexity index is 818. The van der Waals surface area contributed by atoms with Crippen LogP contribution in [0.4, 0.5) is 13.2 Å². The van der Waals surface area contributed by atoms with Crippen molar-refractivity contribution in [1.29, 1.82) is 0 Å². The second kappa shape index (κ2) is 9.56. The summed E-state index contributed by atoms with van der Waals surface area (Å²) in [6.45, 7) is 1.21. The first-order valence-electron chi connectivity index (χ1n) is 7.57. The molecule has 1 amide bonds. The van der Waals surface area contributed by atoms with E-state index < -0.39 is 12.1 Å². The summed E-state index contributed by atoms with van der Waals surface area (Å²) in [5, 5.41) is 11.1. The van der Waals surface area contributed by atoms with Gasteiger partial charge in [0.05, 0.1) is 5.56 Å². The molecule has 0 atom stereocenters. The Morgan fingerprint density at radius 1 is 1.15 bits per heavy atom. The molecule has 1 heterocycles. The number of carbonyl (C=O) groups excluding carboxylic acids is 1. The quantitative estimate of drug-likeness (QED) is 0.593. The number of hydrogen-bond donors (Lipinski definition) is 4. The van der Waals surface area contributed by atoms with Gasteiger partial charge in [0.1, 0.15) is 0 Å². The number of pyridine rings is 1. The Kier molecular flexibility index (Phi) is 7.78. The van der Waals surface area contributed by atoms with E-state index in [0.29, 0.717) is 29.4 Å². The average molecular weight is 373 g/mol. The van der Waals surface area contributed by atoms with Crippen LogP contribution in [0.2, 0.25) is 0 Å². The van der Waals surface area contributed by atoms with Gasteiger partial charge in [-0.2, -0.15) is 13.2 Å². The summed E-state index contributed by atoms with van der Waals surface area (Å²) in [5.74, 6) is -2.93. The first-order chi connectivity index (χ1) is 12.2. The molecule has 0 aliphatic heterocycles. The van der Waals surface area contributed by atoms with Crippen molar-refractivity contribution in [3.63, 3.8) is 0 Å². The summed E-state index contributed by atoms with van der Waals surface area (Å²) < 4.78 is 31.7. The fourth-order valence-corrected chi connectivity index (χ4v) is 1.96. The third kappa shape index (κ3) is 6.20. The molecule has 0 radical (unpaired) electrons. The molecule has 142 valence electrons. The summed E-state index contributed by atoms with van der Waals surface area (Å²) in [6.07, 6.45) is -1.89. The number of unbranched alkanes of at least 4 members (excludes halogenated alkanes) is 1. The maximum atomic E-state index is 12.1. The average Bonchev–Trinajstić information content (AvgIpc) is 2.59. The van der Waals surface area contributed by atoms with E-state index in [1.165, 1.54) is 6.20 Å². The predicted molar refractivity (Wildman–Crippen MR) is 88.9 cm³/mol. The molecule has 5 N–H and O–H groups in total. The van der Waals surface area contributed by atoms with E-state index in [4.69, 9.17) is 15.6 Å². The van der Waals surface area contributed by atoms with E-state index in [0.717, 1.165) is 12.8 Å². The number of amides is 1. The van der Waals surface area contributed by atoms with Crippen LogP contribution in [0.1, 0.15) is 23.2 Å². The monoisotopic (exact) mass is 373 g/mol. The van der Waals surface area contributed by atoms with Crippen LogP contribution in [0.15, 0.2) is 35.3 Å². The Balaban J connectivity index is 0.000000412. The van der Waals surface area contributed by atoms with E-state index in [1.807, 2.05) is 6.07 Å². The van der Waals surface area contributed by atoms with Crippen LogP contribution < -0.4 is 16.6 Å². The molecule has 2 aromatic rings. The van der Waals surface area contributed by atoms with E-state index in [9.17, 15) is 22.8 Å². The van der Waals surface area contributed by atoms with Gasteiger partial charge in [0.2, 0.25) is 0 Å². The molecular formula is C16H18F3N3O4. The van der Waals surface area contributed by atoms with Gasteiger partial charge < -0.3 is 21.1 Å². The number of nitrogens with one attached hydrogen (secondary N) is 2. The molecule has 7 nitrogen and oxygen atoms in total. The lowest BCUT2D eigenvalue weighted by molar-refractivity contribution is -0.192. The Hall–Kier alpha value is -2.88. The van der Waals surface area contributed by atoms with Crippen molar-refractivity contribution < 1.29 is 27.9 Å². The van der Waals surface area contributed by atoms with Crippen LogP contribution in [0.25, 0.3) is 10.8 Å². The summed E-state index contributed by atoms with van der Waals surface area (Å²) in [5.41, 5.74) is 5.70. The number of aromatic amines is 1. The highest BCUT2D eigenvalue weighted by Crippen LogP contribution is 2.14. The van der Waals surface area contributed by atoms with Crippen molar-refractivity contribution >= 4 is 22.6 Å². The zero-order valence-corrected chi connectivity index (χ0v) is 13.6. The van der Waals surface area contributed by atoms with Crippen molar-refractivity contribution in [2.24, 2.45) is 5.73 Å². The van der Waals surface area contributed by atoms with Gasteiger partial charge in [-0.1, -0.05) is 18.2 Å².